The molecule has 1 heterocycles. The van der Waals surface area contributed by atoms with Crippen LogP contribution in [-0.4, -0.2) is 46.2 Å². The Bertz CT molecular complexity index is 1490. The number of rotatable bonds is 13. The van der Waals surface area contributed by atoms with Gasteiger partial charge in [0.25, 0.3) is 5.91 Å². The van der Waals surface area contributed by atoms with E-state index in [2.05, 4.69) is 11.9 Å². The van der Waals surface area contributed by atoms with Crippen LogP contribution in [0.5, 0.6) is 0 Å². The van der Waals surface area contributed by atoms with Gasteiger partial charge in [0.15, 0.2) is 0 Å². The fraction of sp³-hybridized carbons (Fsp3) is 0.371. The van der Waals surface area contributed by atoms with Crippen LogP contribution in [0.15, 0.2) is 79.0 Å². The van der Waals surface area contributed by atoms with E-state index in [1.807, 2.05) is 68.6 Å². The van der Waals surface area contributed by atoms with E-state index in [0.29, 0.717) is 30.6 Å². The highest BCUT2D eigenvalue weighted by molar-refractivity contribution is 5.96. The molecule has 2 amide bonds. The van der Waals surface area contributed by atoms with Crippen LogP contribution in [0.4, 0.5) is 13.2 Å². The zero-order chi connectivity index (χ0) is 31.0. The smallest absolute Gasteiger partial charge is 0.361 e. The highest BCUT2D eigenvalue weighted by atomic mass is 19.4. The molecule has 8 heteroatoms. The number of unbranched alkanes of at least 4 members (excludes halogenated alkanes) is 1. The molecule has 0 saturated carbocycles. The molecule has 0 radical (unpaired) electrons. The minimum atomic E-state index is -4.44. The number of H-pyrrole nitrogens is 1. The third-order valence-electron chi connectivity index (χ3n) is 7.55. The summed E-state index contributed by atoms with van der Waals surface area (Å²) in [5.41, 5.74) is 3.59. The van der Waals surface area contributed by atoms with E-state index in [4.69, 9.17) is 0 Å². The summed E-state index contributed by atoms with van der Waals surface area (Å²) in [7, 11) is 0. The maximum atomic E-state index is 13.8. The second kappa shape index (κ2) is 14.4. The molecule has 0 aliphatic carbocycles. The van der Waals surface area contributed by atoms with Crippen molar-refractivity contribution in [3.05, 3.63) is 107 Å². The third kappa shape index (κ3) is 8.72. The number of hydrogen-bond acceptors (Lipinski definition) is 2. The summed E-state index contributed by atoms with van der Waals surface area (Å²) in [5.74, 6) is -0.335. The number of benzene rings is 3. The minimum absolute atomic E-state index is 0.122. The van der Waals surface area contributed by atoms with Crippen molar-refractivity contribution in [1.82, 2.24) is 14.8 Å². The van der Waals surface area contributed by atoms with Gasteiger partial charge in [-0.3, -0.25) is 9.59 Å². The standard InChI is InChI=1S/C35H40F3N3O2/c1-4-5-8-26-11-15-28(16-12-26)34(43)41(22-25(2)3)24-33(42)40(23-27-13-17-30(18-14-27)35(36,37)38)20-19-29-21-39-32-10-7-6-9-31(29)32/h6-7,9-18,21,25,39H,4-5,8,19-20,22-24H2,1-3H3. The van der Waals surface area contributed by atoms with E-state index in [1.54, 1.807) is 9.80 Å². The quantitative estimate of drug-likeness (QED) is 0.172. The van der Waals surface area contributed by atoms with Gasteiger partial charge in [-0.25, -0.2) is 0 Å². The number of aromatic nitrogens is 1. The molecular formula is C35H40F3N3O2. The second-order valence-corrected chi connectivity index (χ2v) is 11.5. The Morgan fingerprint density at radius 3 is 2.19 bits per heavy atom. The summed E-state index contributed by atoms with van der Waals surface area (Å²) in [5, 5.41) is 1.06. The van der Waals surface area contributed by atoms with Crippen molar-refractivity contribution in [2.75, 3.05) is 19.6 Å². The first-order chi connectivity index (χ1) is 20.5. The molecule has 0 aliphatic rings. The maximum Gasteiger partial charge on any atom is 0.416 e. The largest absolute Gasteiger partial charge is 0.416 e. The van der Waals surface area contributed by atoms with Gasteiger partial charge in [-0.2, -0.15) is 13.2 Å². The van der Waals surface area contributed by atoms with Gasteiger partial charge < -0.3 is 14.8 Å². The molecule has 0 bridgehead atoms. The van der Waals surface area contributed by atoms with Crippen LogP contribution in [0.1, 0.15) is 66.2 Å². The summed E-state index contributed by atoms with van der Waals surface area (Å²) in [6, 6.07) is 20.4. The predicted molar refractivity (Wildman–Crippen MR) is 165 cm³/mol. The number of aryl methyl sites for hydroxylation is 1. The lowest BCUT2D eigenvalue weighted by Crippen LogP contribution is -2.44. The predicted octanol–water partition coefficient (Wildman–Crippen LogP) is 7.90. The molecule has 0 spiro atoms. The number of carbonyl (C=O) groups is 2. The van der Waals surface area contributed by atoms with Crippen LogP contribution in [0.3, 0.4) is 0 Å². The van der Waals surface area contributed by atoms with Gasteiger partial charge in [-0.15, -0.1) is 0 Å². The molecule has 0 atom stereocenters. The fourth-order valence-electron chi connectivity index (χ4n) is 5.21. The molecule has 0 fully saturated rings. The van der Waals surface area contributed by atoms with E-state index < -0.39 is 11.7 Å². The Morgan fingerprint density at radius 1 is 0.860 bits per heavy atom. The van der Waals surface area contributed by atoms with Gasteiger partial charge in [-0.1, -0.05) is 69.7 Å². The molecule has 1 aromatic heterocycles. The van der Waals surface area contributed by atoms with Crippen molar-refractivity contribution in [2.45, 2.75) is 59.2 Å². The first-order valence-corrected chi connectivity index (χ1v) is 14.9. The van der Waals surface area contributed by atoms with Crippen molar-refractivity contribution in [1.29, 1.82) is 0 Å². The second-order valence-electron chi connectivity index (χ2n) is 11.5. The number of para-hydroxylation sites is 1. The first-order valence-electron chi connectivity index (χ1n) is 14.9. The monoisotopic (exact) mass is 591 g/mol. The molecule has 0 aliphatic heterocycles. The number of aromatic amines is 1. The van der Waals surface area contributed by atoms with Crippen molar-refractivity contribution >= 4 is 22.7 Å². The minimum Gasteiger partial charge on any atom is -0.361 e. The van der Waals surface area contributed by atoms with E-state index >= 15 is 0 Å². The molecule has 5 nitrogen and oxygen atoms in total. The number of fused-ring (bicyclic) bond motifs is 1. The number of carbonyl (C=O) groups excluding carboxylic acids is 2. The van der Waals surface area contributed by atoms with Crippen LogP contribution >= 0.6 is 0 Å². The SMILES string of the molecule is CCCCc1ccc(C(=O)N(CC(=O)N(CCc2c[nH]c3ccccc23)Cc2ccc(C(F)(F)F)cc2)CC(C)C)cc1. The number of nitrogens with one attached hydrogen (secondary N) is 1. The number of halogens is 3. The van der Waals surface area contributed by atoms with E-state index in [9.17, 15) is 22.8 Å². The highest BCUT2D eigenvalue weighted by Gasteiger charge is 2.30. The van der Waals surface area contributed by atoms with Crippen molar-refractivity contribution in [2.24, 2.45) is 5.92 Å². The summed E-state index contributed by atoms with van der Waals surface area (Å²) >= 11 is 0. The van der Waals surface area contributed by atoms with Gasteiger partial charge in [-0.05, 0) is 72.2 Å². The van der Waals surface area contributed by atoms with Crippen LogP contribution in [0.25, 0.3) is 10.9 Å². The number of nitrogens with zero attached hydrogens (tertiary/aromatic N) is 2. The topological polar surface area (TPSA) is 56.4 Å². The molecule has 4 rings (SSSR count). The van der Waals surface area contributed by atoms with Crippen LogP contribution in [0.2, 0.25) is 0 Å². The van der Waals surface area contributed by atoms with E-state index in [1.165, 1.54) is 17.7 Å². The highest BCUT2D eigenvalue weighted by Crippen LogP contribution is 2.29. The lowest BCUT2D eigenvalue weighted by molar-refractivity contribution is -0.137. The zero-order valence-corrected chi connectivity index (χ0v) is 25.1. The average molecular weight is 592 g/mol. The van der Waals surface area contributed by atoms with Gasteiger partial charge in [0.1, 0.15) is 6.54 Å². The summed E-state index contributed by atoms with van der Waals surface area (Å²) in [4.78, 5) is 33.9. The Morgan fingerprint density at radius 2 is 1.53 bits per heavy atom. The van der Waals surface area contributed by atoms with E-state index in [-0.39, 0.29) is 30.8 Å². The summed E-state index contributed by atoms with van der Waals surface area (Å²) in [6.45, 7) is 6.89. The molecule has 0 unspecified atom stereocenters. The van der Waals surface area contributed by atoms with Gasteiger partial charge in [0.2, 0.25) is 5.91 Å². The molecule has 0 saturated heterocycles. The molecule has 1 N–H and O–H groups in total. The Kier molecular flexibility index (Phi) is 10.7. The average Bonchev–Trinajstić information content (AvgIpc) is 3.40. The molecule has 228 valence electrons. The lowest BCUT2D eigenvalue weighted by atomic mass is 10.1. The Hall–Kier alpha value is -4.07. The normalized spacial score (nSPS) is 11.7. The Balaban J connectivity index is 1.55. The lowest BCUT2D eigenvalue weighted by Gasteiger charge is -2.29. The number of amides is 2. The van der Waals surface area contributed by atoms with Crippen molar-refractivity contribution in [3.8, 4) is 0 Å². The number of hydrogen-bond donors (Lipinski definition) is 1. The van der Waals surface area contributed by atoms with Crippen LogP contribution in [0, 0.1) is 5.92 Å². The first kappa shape index (κ1) is 31.9. The van der Waals surface area contributed by atoms with Crippen molar-refractivity contribution in [3.63, 3.8) is 0 Å². The molecular weight excluding hydrogens is 551 g/mol. The van der Waals surface area contributed by atoms with Gasteiger partial charge >= 0.3 is 6.18 Å². The number of alkyl halides is 3. The zero-order valence-electron chi connectivity index (χ0n) is 25.1. The van der Waals surface area contributed by atoms with E-state index in [0.717, 1.165) is 47.9 Å². The van der Waals surface area contributed by atoms with Crippen molar-refractivity contribution < 1.29 is 22.8 Å². The molecule has 43 heavy (non-hydrogen) atoms. The summed E-state index contributed by atoms with van der Waals surface area (Å²) in [6.07, 6.45) is 1.16. The fourth-order valence-corrected chi connectivity index (χ4v) is 5.21. The Labute approximate surface area is 251 Å². The summed E-state index contributed by atoms with van der Waals surface area (Å²) < 4.78 is 39.5. The molecule has 4 aromatic rings. The third-order valence-corrected chi connectivity index (χ3v) is 7.55. The van der Waals surface area contributed by atoms with Crippen LogP contribution in [-0.2, 0) is 30.4 Å². The van der Waals surface area contributed by atoms with Gasteiger partial charge in [0, 0.05) is 42.3 Å². The van der Waals surface area contributed by atoms with Gasteiger partial charge in [0.05, 0.1) is 5.56 Å². The maximum absolute atomic E-state index is 13.8. The molecule has 3 aromatic carbocycles. The van der Waals surface area contributed by atoms with Crippen LogP contribution < -0.4 is 0 Å².